The van der Waals surface area contributed by atoms with Crippen LogP contribution >= 0.6 is 38.5 Å². The number of ether oxygens (including phenoxy) is 1. The van der Waals surface area contributed by atoms with Gasteiger partial charge in [0.2, 0.25) is 0 Å². The van der Waals surface area contributed by atoms with Gasteiger partial charge >= 0.3 is 10.8 Å². The molecule has 0 aliphatic rings. The van der Waals surface area contributed by atoms with Gasteiger partial charge in [-0.15, -0.1) is 0 Å². The summed E-state index contributed by atoms with van der Waals surface area (Å²) in [6.45, 7) is -0.369. The third-order valence-electron chi connectivity index (χ3n) is 1.58. The molecule has 0 bridgehead atoms. The lowest BCUT2D eigenvalue weighted by Crippen LogP contribution is -2.23. The smallest absolute Gasteiger partial charge is 0.396 e. The van der Waals surface area contributed by atoms with Crippen LogP contribution in [0.4, 0.5) is 8.78 Å². The Morgan fingerprint density at radius 3 is 2.53 bits per heavy atom. The van der Waals surface area contributed by atoms with Crippen LogP contribution in [0.3, 0.4) is 0 Å². The van der Waals surface area contributed by atoms with Crippen molar-refractivity contribution < 1.29 is 18.3 Å². The molecule has 1 aromatic rings. The molecule has 0 aliphatic heterocycles. The predicted octanol–water partition coefficient (Wildman–Crippen LogP) is 3.17. The number of hydrogen-bond acceptors (Lipinski definition) is 2. The van der Waals surface area contributed by atoms with Crippen molar-refractivity contribution in [2.75, 3.05) is 6.61 Å². The minimum absolute atomic E-state index is 0.369. The van der Waals surface area contributed by atoms with E-state index in [2.05, 4.69) is 39.2 Å². The first-order valence-corrected chi connectivity index (χ1v) is 6.25. The highest BCUT2D eigenvalue weighted by Gasteiger charge is 2.36. The number of hydrogen-bond donors (Lipinski definition) is 0. The summed E-state index contributed by atoms with van der Waals surface area (Å²) in [5.41, 5.74) is 0.729. The molecule has 6 heteroatoms. The molecule has 1 aromatic carbocycles. The predicted molar refractivity (Wildman–Crippen MR) is 70.9 cm³/mol. The second-order valence-electron chi connectivity index (χ2n) is 2.88. The van der Waals surface area contributed by atoms with E-state index in [1.54, 1.807) is 12.1 Å². The zero-order valence-corrected chi connectivity index (χ0v) is 12.1. The summed E-state index contributed by atoms with van der Waals surface area (Å²) in [4.78, 5) is 6.98. The van der Waals surface area contributed by atoms with E-state index in [0.717, 1.165) is 9.13 Å². The average Bonchev–Trinajstić information content (AvgIpc) is 2.25. The second kappa shape index (κ2) is 6.31. The van der Waals surface area contributed by atoms with E-state index in [1.165, 1.54) is 0 Å². The topological polar surface area (TPSA) is 26.3 Å². The van der Waals surface area contributed by atoms with Crippen LogP contribution in [0.2, 0.25) is 0 Å². The maximum absolute atomic E-state index is 12.3. The zero-order valence-electron chi connectivity index (χ0n) is 8.34. The lowest BCUT2D eigenvalue weighted by molar-refractivity contribution is -0.157. The molecule has 0 N–H and O–H groups in total. The second-order valence-corrected chi connectivity index (χ2v) is 5.12. The first-order valence-electron chi connectivity index (χ1n) is 4.38. The van der Waals surface area contributed by atoms with E-state index in [9.17, 15) is 13.6 Å². The summed E-state index contributed by atoms with van der Waals surface area (Å²) in [7, 11) is 0. The maximum atomic E-state index is 12.3. The molecule has 0 heterocycles. The van der Waals surface area contributed by atoms with Gasteiger partial charge in [0, 0.05) is 25.1 Å². The van der Waals surface area contributed by atoms with Gasteiger partial charge in [0.1, 0.15) is 0 Å². The number of carbonyl (C=O) groups is 1. The van der Waals surface area contributed by atoms with Crippen molar-refractivity contribution >= 4 is 44.5 Å². The van der Waals surface area contributed by atoms with Crippen molar-refractivity contribution in [1.82, 2.24) is 0 Å². The molecule has 0 amide bonds. The molecule has 0 atom stereocenters. The Bertz CT molecular complexity index is 457. The number of alkyl halides is 3. The summed E-state index contributed by atoms with van der Waals surface area (Å²) < 4.78 is 29.9. The van der Waals surface area contributed by atoms with Crippen LogP contribution in [0.15, 0.2) is 24.3 Å². The monoisotopic (exact) mass is 414 g/mol. The lowest BCUT2D eigenvalue weighted by atomic mass is 10.2. The molecule has 17 heavy (non-hydrogen) atoms. The molecule has 2 nitrogen and oxygen atoms in total. The quantitative estimate of drug-likeness (QED) is 0.321. The Labute approximate surface area is 119 Å². The molecule has 0 radical (unpaired) electrons. The molecule has 1 rings (SSSR count). The number of carbonyl (C=O) groups excluding carboxylic acids is 1. The molecule has 0 aromatic heterocycles. The Balaban J connectivity index is 2.47. The summed E-state index contributed by atoms with van der Waals surface area (Å²) in [6.07, 6.45) is 0. The Kier molecular flexibility index (Phi) is 5.33. The van der Waals surface area contributed by atoms with Gasteiger partial charge < -0.3 is 4.74 Å². The summed E-state index contributed by atoms with van der Waals surface area (Å²) in [5, 5.41) is 0. The SMILES string of the molecule is O=C(OCC#Cc1ccc(I)cc1)C(F)(F)Br. The van der Waals surface area contributed by atoms with Crippen molar-refractivity contribution in [1.29, 1.82) is 0 Å². The third kappa shape index (κ3) is 5.46. The molecule has 0 saturated carbocycles. The summed E-state index contributed by atoms with van der Waals surface area (Å²) in [6, 6.07) is 7.30. The molecule has 90 valence electrons. The summed E-state index contributed by atoms with van der Waals surface area (Å²) >= 11 is 4.04. The lowest BCUT2D eigenvalue weighted by Gasteiger charge is -2.05. The van der Waals surface area contributed by atoms with Crippen LogP contribution in [0.1, 0.15) is 5.56 Å². The molecule has 0 saturated heterocycles. The number of halogens is 4. The number of benzene rings is 1. The maximum Gasteiger partial charge on any atom is 0.396 e. The van der Waals surface area contributed by atoms with Crippen LogP contribution in [-0.4, -0.2) is 17.4 Å². The zero-order chi connectivity index (χ0) is 12.9. The number of esters is 1. The molecule has 0 fully saturated rings. The fourth-order valence-electron chi connectivity index (χ4n) is 0.855. The molecular formula is C11H6BrF2IO2. The third-order valence-corrected chi connectivity index (χ3v) is 2.63. The highest BCUT2D eigenvalue weighted by molar-refractivity contribution is 14.1. The van der Waals surface area contributed by atoms with Crippen LogP contribution in [0.5, 0.6) is 0 Å². The first kappa shape index (κ1) is 14.4. The van der Waals surface area contributed by atoms with Gasteiger partial charge in [0.15, 0.2) is 6.61 Å². The van der Waals surface area contributed by atoms with Crippen LogP contribution in [0.25, 0.3) is 0 Å². The highest BCUT2D eigenvalue weighted by Crippen LogP contribution is 2.22. The van der Waals surface area contributed by atoms with E-state index in [1.807, 2.05) is 28.1 Å². The van der Waals surface area contributed by atoms with E-state index >= 15 is 0 Å². The van der Waals surface area contributed by atoms with E-state index in [4.69, 9.17) is 0 Å². The van der Waals surface area contributed by atoms with Gasteiger partial charge in [-0.05, 0) is 46.9 Å². The minimum atomic E-state index is -3.66. The van der Waals surface area contributed by atoms with Gasteiger partial charge in [-0.2, -0.15) is 8.78 Å². The average molecular weight is 415 g/mol. The van der Waals surface area contributed by atoms with Crippen LogP contribution in [-0.2, 0) is 9.53 Å². The minimum Gasteiger partial charge on any atom is -0.447 e. The van der Waals surface area contributed by atoms with Crippen LogP contribution < -0.4 is 0 Å². The van der Waals surface area contributed by atoms with Gasteiger partial charge in [0.25, 0.3) is 0 Å². The highest BCUT2D eigenvalue weighted by atomic mass is 127. The van der Waals surface area contributed by atoms with Gasteiger partial charge in [-0.1, -0.05) is 11.8 Å². The molecule has 0 spiro atoms. The molecule has 0 aliphatic carbocycles. The van der Waals surface area contributed by atoms with Crippen molar-refractivity contribution in [3.8, 4) is 11.8 Å². The van der Waals surface area contributed by atoms with Crippen molar-refractivity contribution in [3.05, 3.63) is 33.4 Å². The molecule has 0 unspecified atom stereocenters. The van der Waals surface area contributed by atoms with Gasteiger partial charge in [-0.25, -0.2) is 4.79 Å². The standard InChI is InChI=1S/C11H6BrF2IO2/c12-11(13,14)10(16)17-7-1-2-8-3-5-9(15)6-4-8/h3-6H,7H2. The van der Waals surface area contributed by atoms with Crippen molar-refractivity contribution in [2.45, 2.75) is 4.83 Å². The first-order chi connectivity index (χ1) is 7.89. The Morgan fingerprint density at radius 1 is 1.41 bits per heavy atom. The Morgan fingerprint density at radius 2 is 2.00 bits per heavy atom. The summed E-state index contributed by atoms with van der Waals surface area (Å²) in [5.74, 6) is 3.52. The van der Waals surface area contributed by atoms with Crippen molar-refractivity contribution in [2.24, 2.45) is 0 Å². The van der Waals surface area contributed by atoms with E-state index in [-0.39, 0.29) is 6.61 Å². The largest absolute Gasteiger partial charge is 0.447 e. The molecular weight excluding hydrogens is 409 g/mol. The van der Waals surface area contributed by atoms with Gasteiger partial charge in [0.05, 0.1) is 0 Å². The number of rotatable bonds is 2. The van der Waals surface area contributed by atoms with Crippen molar-refractivity contribution in [3.63, 3.8) is 0 Å². The van der Waals surface area contributed by atoms with Gasteiger partial charge in [-0.3, -0.25) is 0 Å². The Hall–Kier alpha value is -0.680. The normalized spacial score (nSPS) is 10.4. The fraction of sp³-hybridized carbons (Fsp3) is 0.182. The van der Waals surface area contributed by atoms with E-state index in [0.29, 0.717) is 0 Å². The fourth-order valence-corrected chi connectivity index (χ4v) is 1.33. The van der Waals surface area contributed by atoms with Crippen LogP contribution in [0, 0.1) is 15.4 Å². The van der Waals surface area contributed by atoms with E-state index < -0.39 is 10.8 Å².